The molecular weight excluding hydrogens is 440 g/mol. The lowest BCUT2D eigenvalue weighted by Crippen LogP contribution is -2.21. The number of anilines is 1. The molecule has 0 unspecified atom stereocenters. The van der Waals surface area contributed by atoms with E-state index in [-0.39, 0.29) is 17.1 Å². The summed E-state index contributed by atoms with van der Waals surface area (Å²) in [5, 5.41) is 12.8. The number of rotatable bonds is 6. The molecule has 3 rings (SSSR count). The van der Waals surface area contributed by atoms with Crippen molar-refractivity contribution in [3.8, 4) is 11.3 Å². The lowest BCUT2D eigenvalue weighted by molar-refractivity contribution is -0.384. The number of ether oxygens (including phenoxy) is 1. The molecule has 1 heterocycles. The quantitative estimate of drug-likeness (QED) is 0.249. The van der Waals surface area contributed by atoms with E-state index in [0.29, 0.717) is 0 Å². The standard InChI is InChI=1S/C20H12F4N2O6/c21-14-5-4-13(26(29)30)9-15(14)25-18(27)10-31-19(28)17-7-6-16(32-17)11-2-1-3-12(8-11)20(22,23)24/h1-9H,10H2,(H,25,27). The topological polar surface area (TPSA) is 112 Å². The molecule has 2 aromatic carbocycles. The van der Waals surface area contributed by atoms with E-state index in [1.54, 1.807) is 0 Å². The molecular formula is C20H12F4N2O6. The van der Waals surface area contributed by atoms with Crippen LogP contribution >= 0.6 is 0 Å². The van der Waals surface area contributed by atoms with Gasteiger partial charge in [-0.15, -0.1) is 0 Å². The minimum Gasteiger partial charge on any atom is -0.450 e. The highest BCUT2D eigenvalue weighted by molar-refractivity contribution is 5.95. The highest BCUT2D eigenvalue weighted by Crippen LogP contribution is 2.32. The van der Waals surface area contributed by atoms with Crippen LogP contribution in [0.4, 0.5) is 28.9 Å². The second-order valence-corrected chi connectivity index (χ2v) is 6.29. The highest BCUT2D eigenvalue weighted by Gasteiger charge is 2.30. The first-order valence-corrected chi connectivity index (χ1v) is 8.73. The van der Waals surface area contributed by atoms with Crippen molar-refractivity contribution in [2.75, 3.05) is 11.9 Å². The molecule has 0 spiro atoms. The average Bonchev–Trinajstić information content (AvgIpc) is 3.23. The van der Waals surface area contributed by atoms with E-state index >= 15 is 0 Å². The van der Waals surface area contributed by atoms with Crippen LogP contribution in [0.15, 0.2) is 59.0 Å². The molecule has 8 nitrogen and oxygen atoms in total. The van der Waals surface area contributed by atoms with E-state index in [9.17, 15) is 37.3 Å². The lowest BCUT2D eigenvalue weighted by Gasteiger charge is -2.07. The number of esters is 1. The first kappa shape index (κ1) is 22.5. The minimum atomic E-state index is -4.56. The summed E-state index contributed by atoms with van der Waals surface area (Å²) in [7, 11) is 0. The normalized spacial score (nSPS) is 11.1. The molecule has 0 aliphatic carbocycles. The fourth-order valence-electron chi connectivity index (χ4n) is 2.56. The number of nitro groups is 1. The zero-order valence-corrected chi connectivity index (χ0v) is 15.8. The summed E-state index contributed by atoms with van der Waals surface area (Å²) >= 11 is 0. The zero-order chi connectivity index (χ0) is 23.5. The van der Waals surface area contributed by atoms with Crippen molar-refractivity contribution >= 4 is 23.3 Å². The molecule has 0 fully saturated rings. The summed E-state index contributed by atoms with van der Waals surface area (Å²) in [6.45, 7) is -0.874. The van der Waals surface area contributed by atoms with Gasteiger partial charge in [-0.3, -0.25) is 14.9 Å². The molecule has 0 radical (unpaired) electrons. The molecule has 1 N–H and O–H groups in total. The highest BCUT2D eigenvalue weighted by atomic mass is 19.4. The van der Waals surface area contributed by atoms with Crippen LogP contribution in [0, 0.1) is 15.9 Å². The van der Waals surface area contributed by atoms with E-state index in [4.69, 9.17) is 9.15 Å². The third-order valence-corrected chi connectivity index (χ3v) is 4.05. The molecule has 0 atom stereocenters. The van der Waals surface area contributed by atoms with E-state index in [2.05, 4.69) is 0 Å². The molecule has 32 heavy (non-hydrogen) atoms. The van der Waals surface area contributed by atoms with Gasteiger partial charge >= 0.3 is 12.1 Å². The van der Waals surface area contributed by atoms with E-state index < -0.39 is 52.3 Å². The Balaban J connectivity index is 1.63. The number of halogens is 4. The second-order valence-electron chi connectivity index (χ2n) is 6.29. The van der Waals surface area contributed by atoms with Gasteiger partial charge in [-0.2, -0.15) is 13.2 Å². The van der Waals surface area contributed by atoms with Crippen molar-refractivity contribution in [3.05, 3.63) is 81.9 Å². The number of non-ortho nitro benzene ring substituents is 1. The van der Waals surface area contributed by atoms with Crippen molar-refractivity contribution in [1.82, 2.24) is 0 Å². The molecule has 166 valence electrons. The number of carbonyl (C=O) groups is 2. The van der Waals surface area contributed by atoms with Crippen molar-refractivity contribution in [3.63, 3.8) is 0 Å². The molecule has 0 bridgehead atoms. The van der Waals surface area contributed by atoms with Gasteiger partial charge in [-0.1, -0.05) is 12.1 Å². The van der Waals surface area contributed by atoms with Crippen molar-refractivity contribution in [2.24, 2.45) is 0 Å². The Labute approximate surface area is 176 Å². The van der Waals surface area contributed by atoms with Gasteiger partial charge in [0.2, 0.25) is 5.76 Å². The number of nitrogens with one attached hydrogen (secondary N) is 1. The fourth-order valence-corrected chi connectivity index (χ4v) is 2.56. The number of hydrogen-bond donors (Lipinski definition) is 1. The van der Waals surface area contributed by atoms with Gasteiger partial charge in [0.05, 0.1) is 16.2 Å². The Bertz CT molecular complexity index is 1190. The minimum absolute atomic E-state index is 0.0360. The number of amides is 1. The molecule has 0 saturated heterocycles. The Morgan fingerprint density at radius 3 is 2.53 bits per heavy atom. The number of alkyl halides is 3. The number of nitro benzene ring substituents is 1. The van der Waals surface area contributed by atoms with Crippen LogP contribution in [-0.4, -0.2) is 23.4 Å². The second kappa shape index (κ2) is 8.88. The molecule has 0 aliphatic heterocycles. The maximum absolute atomic E-state index is 13.7. The van der Waals surface area contributed by atoms with Crippen molar-refractivity contribution in [2.45, 2.75) is 6.18 Å². The monoisotopic (exact) mass is 452 g/mol. The van der Waals surface area contributed by atoms with Crippen LogP contribution < -0.4 is 5.32 Å². The lowest BCUT2D eigenvalue weighted by atomic mass is 10.1. The SMILES string of the molecule is O=C(COC(=O)c1ccc(-c2cccc(C(F)(F)F)c2)o1)Nc1cc([N+](=O)[O-])ccc1F. The van der Waals surface area contributed by atoms with Crippen molar-refractivity contribution < 1.29 is 41.2 Å². The van der Waals surface area contributed by atoms with E-state index in [1.807, 2.05) is 5.32 Å². The first-order chi connectivity index (χ1) is 15.0. The predicted molar refractivity (Wildman–Crippen MR) is 101 cm³/mol. The number of hydrogen-bond acceptors (Lipinski definition) is 6. The summed E-state index contributed by atoms with van der Waals surface area (Å²) in [4.78, 5) is 33.9. The summed E-state index contributed by atoms with van der Waals surface area (Å²) in [5.74, 6) is -3.44. The van der Waals surface area contributed by atoms with Crippen LogP contribution in [0.2, 0.25) is 0 Å². The van der Waals surface area contributed by atoms with Gasteiger partial charge in [0.25, 0.3) is 11.6 Å². The van der Waals surface area contributed by atoms with Crippen LogP contribution in [0.5, 0.6) is 0 Å². The fraction of sp³-hybridized carbons (Fsp3) is 0.100. The number of furan rings is 1. The summed E-state index contributed by atoms with van der Waals surface area (Å²) in [6, 6.07) is 9.14. The Hall–Kier alpha value is -4.22. The van der Waals surface area contributed by atoms with Gasteiger partial charge in [-0.25, -0.2) is 9.18 Å². The summed E-state index contributed by atoms with van der Waals surface area (Å²) < 4.78 is 62.1. The number of carbonyl (C=O) groups excluding carboxylic acids is 2. The maximum Gasteiger partial charge on any atom is 0.416 e. The molecule has 12 heteroatoms. The van der Waals surface area contributed by atoms with Gasteiger partial charge in [0.15, 0.2) is 6.61 Å². The third-order valence-electron chi connectivity index (χ3n) is 4.05. The van der Waals surface area contributed by atoms with Gasteiger partial charge in [-0.05, 0) is 30.3 Å². The van der Waals surface area contributed by atoms with Gasteiger partial charge < -0.3 is 14.5 Å². The largest absolute Gasteiger partial charge is 0.450 e. The molecule has 1 aromatic heterocycles. The van der Waals surface area contributed by atoms with E-state index in [1.165, 1.54) is 18.2 Å². The van der Waals surface area contributed by atoms with Gasteiger partial charge in [0.1, 0.15) is 11.6 Å². The molecule has 1 amide bonds. The smallest absolute Gasteiger partial charge is 0.416 e. The molecule has 0 aliphatic rings. The average molecular weight is 452 g/mol. The van der Waals surface area contributed by atoms with Crippen LogP contribution in [0.3, 0.4) is 0 Å². The Morgan fingerprint density at radius 1 is 1.09 bits per heavy atom. The summed E-state index contributed by atoms with van der Waals surface area (Å²) in [6.07, 6.45) is -4.56. The zero-order valence-electron chi connectivity index (χ0n) is 15.8. The van der Waals surface area contributed by atoms with E-state index in [0.717, 1.165) is 36.4 Å². The van der Waals surface area contributed by atoms with Gasteiger partial charge in [0, 0.05) is 17.7 Å². The molecule has 3 aromatic rings. The first-order valence-electron chi connectivity index (χ1n) is 8.73. The third kappa shape index (κ3) is 5.28. The predicted octanol–water partition coefficient (Wildman–Crippen LogP) is 4.81. The Morgan fingerprint density at radius 2 is 1.84 bits per heavy atom. The maximum atomic E-state index is 13.7. The van der Waals surface area contributed by atoms with Crippen LogP contribution in [0.1, 0.15) is 16.1 Å². The Kier molecular flexibility index (Phi) is 6.23. The number of benzene rings is 2. The number of nitrogens with zero attached hydrogens (tertiary/aromatic N) is 1. The van der Waals surface area contributed by atoms with Crippen LogP contribution in [-0.2, 0) is 15.7 Å². The summed E-state index contributed by atoms with van der Waals surface area (Å²) in [5.41, 5.74) is -1.78. The molecule has 0 saturated carbocycles. The van der Waals surface area contributed by atoms with Crippen LogP contribution in [0.25, 0.3) is 11.3 Å². The van der Waals surface area contributed by atoms with Crippen molar-refractivity contribution in [1.29, 1.82) is 0 Å².